The monoisotopic (exact) mass is 2000 g/mol. The zero-order valence-electron chi connectivity index (χ0n) is 75.4. The molecule has 0 radical (unpaired) electrons. The quantitative estimate of drug-likeness (QED) is 0.0135. The van der Waals surface area contributed by atoms with E-state index in [0.717, 1.165) is 42.8 Å². The largest absolute Gasteiger partial charge is 0.508 e. The molecule has 3 aromatic heterocycles. The summed E-state index contributed by atoms with van der Waals surface area (Å²) in [7, 11) is 12.6. The van der Waals surface area contributed by atoms with E-state index in [1.54, 1.807) is 171 Å². The minimum absolute atomic E-state index is 0.0671. The van der Waals surface area contributed by atoms with E-state index < -0.39 is 45.8 Å². The predicted octanol–water partition coefficient (Wildman–Crippen LogP) is 22.3. The molecule has 8 aromatic carbocycles. The Morgan fingerprint density at radius 2 is 0.557 bits per heavy atom. The van der Waals surface area contributed by atoms with Gasteiger partial charge in [-0.25, -0.2) is 38.4 Å². The van der Waals surface area contributed by atoms with Crippen molar-refractivity contribution in [2.24, 2.45) is 11.5 Å². The number of para-hydroxylation sites is 5. The van der Waals surface area contributed by atoms with E-state index in [1.165, 1.54) is 77.7 Å². The predicted molar refractivity (Wildman–Crippen MR) is 526 cm³/mol. The van der Waals surface area contributed by atoms with Crippen LogP contribution in [-0.4, -0.2) is 165 Å². The highest BCUT2D eigenvalue weighted by Gasteiger charge is 2.23. The van der Waals surface area contributed by atoms with Crippen molar-refractivity contribution in [3.63, 3.8) is 0 Å². The summed E-state index contributed by atoms with van der Waals surface area (Å²) in [5.41, 5.74) is 10.8. The van der Waals surface area contributed by atoms with Crippen LogP contribution < -0.4 is 46.4 Å². The van der Waals surface area contributed by atoms with Gasteiger partial charge in [0.2, 0.25) is 0 Å². The topological polar surface area (TPSA) is 506 Å². The maximum absolute atomic E-state index is 12.6. The Morgan fingerprint density at radius 1 is 0.328 bits per heavy atom. The molecule has 11 aromatic rings. The Morgan fingerprint density at radius 3 is 0.779 bits per heavy atom. The molecule has 41 heteroatoms. The molecular weight excluding hydrogens is 1890 g/mol. The summed E-state index contributed by atoms with van der Waals surface area (Å²) in [6.45, 7) is 27.9. The number of hydrogen-bond donors (Lipinski definition) is 14. The van der Waals surface area contributed by atoms with Crippen molar-refractivity contribution in [3.8, 4) is 77.3 Å². The van der Waals surface area contributed by atoms with E-state index >= 15 is 0 Å². The highest BCUT2D eigenvalue weighted by molar-refractivity contribution is 7.81. The van der Waals surface area contributed by atoms with Crippen LogP contribution >= 0.6 is 98.7 Å². The zero-order valence-corrected chi connectivity index (χ0v) is 83.6. The lowest BCUT2D eigenvalue weighted by molar-refractivity contribution is 0.0530. The van der Waals surface area contributed by atoms with Gasteiger partial charge in [-0.15, -0.1) is 0 Å². The number of carboxylic acids is 3. The maximum atomic E-state index is 12.6. The van der Waals surface area contributed by atoms with Crippen molar-refractivity contribution in [2.45, 2.75) is 132 Å². The number of nitrogens with two attached hydrogens (primary N) is 2. The standard InChI is InChI=1S/C20H18O3S3.C16H10O3S3.C11H14O3.C9H6OS3.2C7H6O3.3C6H13NO2.2CH5N.H2O4S/c1-20(2,3)23-16-7-5-4-6-15(16)19(21)22-14-10-8-13(9-11-14)17-12-18(24)26-25-17;17-13-4-2-1-3-12(13)16(18)19-11-7-5-10(6-8-11)14-9-15(20)22-21-14;1-11(2,3)14-9-7-5-4-6-8(9)10(12)13;10-7-3-1-6(2-4-7)8-5-9(11)13-12-8;2*8-6-4-2-1-3-5(6)7(9)10;3*1-6(2,3)9-5(8)7-4;2*1-2;1-5(2,3)4/h4-12H,1-3H3;1-9,17H;4-7H,1-3H3,(H,12,13);1-5,10H;2*1-4,8H,(H,9,10);3*1-4H3,(H,7,8);2*2H2,1H3;(H2,1,2,3,4). The van der Waals surface area contributed by atoms with E-state index in [4.69, 9.17) is 118 Å². The molecule has 31 nitrogen and oxygen atoms in total. The van der Waals surface area contributed by atoms with Crippen molar-refractivity contribution in [2.75, 3.05) is 35.2 Å². The highest BCUT2D eigenvalue weighted by Crippen LogP contribution is 2.35. The van der Waals surface area contributed by atoms with Crippen LogP contribution in [0.3, 0.4) is 0 Å². The van der Waals surface area contributed by atoms with Crippen LogP contribution in [0, 0.1) is 11.5 Å². The number of nitrogens with one attached hydrogen (secondary N) is 3. The molecule has 3 heterocycles. The molecule has 0 fully saturated rings. The first-order valence-electron chi connectivity index (χ1n) is 38.3. The molecule has 131 heavy (non-hydrogen) atoms. The lowest BCUT2D eigenvalue weighted by atomic mass is 10.1. The van der Waals surface area contributed by atoms with Gasteiger partial charge in [-0.05, 0) is 286 Å². The van der Waals surface area contributed by atoms with Crippen molar-refractivity contribution in [3.05, 3.63) is 252 Å². The molecule has 16 N–H and O–H groups in total. The number of benzene rings is 8. The zero-order chi connectivity index (χ0) is 100. The molecule has 0 spiro atoms. The number of ether oxygens (including phenoxy) is 7. The Labute approximate surface area is 799 Å². The fraction of sp³-hybridized carbons (Fsp3) is 0.278. The van der Waals surface area contributed by atoms with E-state index in [-0.39, 0.29) is 80.2 Å². The number of aromatic hydroxyl groups is 4. The van der Waals surface area contributed by atoms with E-state index in [9.17, 15) is 43.5 Å². The molecule has 712 valence electrons. The molecule has 0 unspecified atom stereocenters. The lowest BCUT2D eigenvalue weighted by Gasteiger charge is -2.22. The van der Waals surface area contributed by atoms with Gasteiger partial charge in [-0.2, -0.15) is 8.42 Å². The minimum atomic E-state index is -4.67. The maximum Gasteiger partial charge on any atom is 0.407 e. The normalized spacial score (nSPS) is 10.3. The first-order valence-corrected chi connectivity index (χ1v) is 47.4. The third-order valence-corrected chi connectivity index (χ3v) is 22.2. The van der Waals surface area contributed by atoms with Crippen LogP contribution in [0.25, 0.3) is 31.3 Å². The van der Waals surface area contributed by atoms with Gasteiger partial charge in [0.1, 0.15) is 113 Å². The first kappa shape index (κ1) is 119. The lowest BCUT2D eigenvalue weighted by Crippen LogP contribution is -2.30. The van der Waals surface area contributed by atoms with Crippen molar-refractivity contribution in [1.29, 1.82) is 0 Å². The second kappa shape index (κ2) is 59.6. The van der Waals surface area contributed by atoms with Crippen LogP contribution in [0.2, 0.25) is 0 Å². The molecule has 0 aliphatic heterocycles. The smallest absolute Gasteiger partial charge is 0.407 e. The molecule has 0 aliphatic carbocycles. The van der Waals surface area contributed by atoms with Gasteiger partial charge < -0.3 is 96.3 Å². The fourth-order valence-electron chi connectivity index (χ4n) is 8.50. The Hall–Kier alpha value is -11.7. The molecular formula is C90H111N5O26S10. The SMILES string of the molecule is CC(C)(C)Oc1ccccc1C(=O)O.CC(C)(C)Oc1ccccc1C(=O)Oc1ccc(-c2cc(=S)ss2)cc1.CN.CN.CNC(=O)OC(C)(C)C.CNC(=O)OC(C)(C)C.CNC(=O)OC(C)(C)C.O=C(O)c1ccccc1O.O=C(O)c1ccccc1O.O=C(Oc1ccc(-c2cc(=S)ss2)cc1)c1ccccc1O.O=S(=O)(O)O.Oc1ccc(-c2cc(=S)ss2)cc1. The number of amides is 3. The molecule has 0 bridgehead atoms. The number of rotatable bonds is 12. The average molecular weight is 2000 g/mol. The van der Waals surface area contributed by atoms with Crippen molar-refractivity contribution >= 4 is 157 Å². The van der Waals surface area contributed by atoms with Gasteiger partial charge in [0, 0.05) is 35.8 Å². The van der Waals surface area contributed by atoms with E-state index in [2.05, 4.69) is 27.4 Å². The summed E-state index contributed by atoms with van der Waals surface area (Å²) < 4.78 is 70.9. The third-order valence-electron chi connectivity index (χ3n) is 13.5. The number of phenolic OH excluding ortho intramolecular Hbond substituents is 2. The summed E-state index contributed by atoms with van der Waals surface area (Å²) in [6.07, 6.45) is -1.16. The third kappa shape index (κ3) is 54.5. The molecule has 0 atom stereocenters. The van der Waals surface area contributed by atoms with Crippen molar-refractivity contribution < 1.29 is 125 Å². The summed E-state index contributed by atoms with van der Waals surface area (Å²) in [5.74, 6) is -2.58. The number of hydrogen-bond acceptors (Lipinski definition) is 32. The molecule has 0 saturated heterocycles. The van der Waals surface area contributed by atoms with Gasteiger partial charge in [-0.1, -0.05) is 159 Å². The molecule has 11 rings (SSSR count). The van der Waals surface area contributed by atoms with Crippen LogP contribution in [0.15, 0.2) is 212 Å². The van der Waals surface area contributed by atoms with Gasteiger partial charge >= 0.3 is 58.5 Å². The Bertz CT molecular complexity index is 5530. The second-order valence-electron chi connectivity index (χ2n) is 29.9. The van der Waals surface area contributed by atoms with E-state index in [1.807, 2.05) is 165 Å². The summed E-state index contributed by atoms with van der Waals surface area (Å²) in [5, 5.41) is 69.3. The number of aromatic carboxylic acids is 3. The van der Waals surface area contributed by atoms with Gasteiger partial charge in [-0.3, -0.25) is 9.11 Å². The average Bonchev–Trinajstić information content (AvgIpc) is 1.74. The Balaban J connectivity index is 0.00000147. The molecule has 0 aliphatic rings. The van der Waals surface area contributed by atoms with Gasteiger partial charge in [0.25, 0.3) is 0 Å². The van der Waals surface area contributed by atoms with Crippen LogP contribution in [0.5, 0.6) is 46.0 Å². The highest BCUT2D eigenvalue weighted by atomic mass is 32.9. The minimum Gasteiger partial charge on any atom is -0.508 e. The number of phenols is 4. The Kier molecular flexibility index (Phi) is 54.3. The first-order chi connectivity index (χ1) is 60.9. The molecule has 3 amide bonds. The second-order valence-corrected chi connectivity index (χ2v) is 39.6. The van der Waals surface area contributed by atoms with Crippen molar-refractivity contribution in [1.82, 2.24) is 16.0 Å². The van der Waals surface area contributed by atoms with Crippen LogP contribution in [0.1, 0.15) is 156 Å². The number of alkyl carbamates (subject to hydrolysis) is 3. The number of esters is 2. The fourth-order valence-corrected chi connectivity index (χ4v) is 15.7. The number of carbonyl (C=O) groups is 8. The number of carboxylic acid groups (broad SMARTS) is 3. The van der Waals surface area contributed by atoms with Crippen LogP contribution in [0.4, 0.5) is 14.4 Å². The summed E-state index contributed by atoms with van der Waals surface area (Å²) in [6, 6.07) is 59.3. The van der Waals surface area contributed by atoms with Crippen LogP contribution in [-0.2, 0) is 24.6 Å². The molecule has 0 saturated carbocycles. The van der Waals surface area contributed by atoms with E-state index in [0.29, 0.717) is 34.3 Å². The summed E-state index contributed by atoms with van der Waals surface area (Å²) >= 11 is 15.3. The van der Waals surface area contributed by atoms with Gasteiger partial charge in [0.05, 0.1) is 0 Å². The summed E-state index contributed by atoms with van der Waals surface area (Å²) in [4.78, 5) is 90.8. The van der Waals surface area contributed by atoms with Gasteiger partial charge in [0.15, 0.2) is 0 Å². The number of carbonyl (C=O) groups excluding carboxylic acids is 5.